The zero-order valence-corrected chi connectivity index (χ0v) is 9.51. The van der Waals surface area contributed by atoms with Crippen molar-refractivity contribution in [2.75, 3.05) is 0 Å². The maximum atomic E-state index is 11.7. The molecule has 0 aromatic heterocycles. The number of hydrogen-bond donors (Lipinski definition) is 0. The van der Waals surface area contributed by atoms with Crippen LogP contribution in [0.4, 0.5) is 4.79 Å². The predicted molar refractivity (Wildman–Crippen MR) is 60.1 cm³/mol. The Labute approximate surface area is 95.0 Å². The van der Waals surface area contributed by atoms with E-state index in [0.29, 0.717) is 0 Å². The highest BCUT2D eigenvalue weighted by atomic mass is 16.6. The van der Waals surface area contributed by atoms with Crippen LogP contribution in [0, 0.1) is 0 Å². The number of benzene rings is 1. The minimum atomic E-state index is -0.167. The molecule has 3 atom stereocenters. The van der Waals surface area contributed by atoms with Gasteiger partial charge in [0.15, 0.2) is 0 Å². The van der Waals surface area contributed by atoms with E-state index in [0.717, 1.165) is 6.42 Å². The molecule has 1 saturated heterocycles. The highest BCUT2D eigenvalue weighted by Gasteiger charge is 2.45. The van der Waals surface area contributed by atoms with Gasteiger partial charge < -0.3 is 4.74 Å². The van der Waals surface area contributed by atoms with Crippen molar-refractivity contribution in [2.45, 2.75) is 38.5 Å². The van der Waals surface area contributed by atoms with Crippen LogP contribution in [0.3, 0.4) is 0 Å². The van der Waals surface area contributed by atoms with Crippen LogP contribution in [0.15, 0.2) is 24.3 Å². The minimum absolute atomic E-state index is 0.00306. The van der Waals surface area contributed by atoms with Gasteiger partial charge in [-0.2, -0.15) is 0 Å². The van der Waals surface area contributed by atoms with Gasteiger partial charge in [-0.1, -0.05) is 24.3 Å². The Morgan fingerprint density at radius 1 is 1.31 bits per heavy atom. The second-order valence-electron chi connectivity index (χ2n) is 4.64. The highest BCUT2D eigenvalue weighted by molar-refractivity contribution is 5.72. The zero-order valence-electron chi connectivity index (χ0n) is 9.51. The van der Waals surface area contributed by atoms with Crippen molar-refractivity contribution in [3.63, 3.8) is 0 Å². The molecule has 0 bridgehead atoms. The normalized spacial score (nSPS) is 32.0. The molecule has 0 aliphatic carbocycles. The smallest absolute Gasteiger partial charge is 0.411 e. The van der Waals surface area contributed by atoms with Crippen LogP contribution in [0.5, 0.6) is 0 Å². The number of rotatable bonds is 0. The Morgan fingerprint density at radius 2 is 2.06 bits per heavy atom. The van der Waals surface area contributed by atoms with Crippen molar-refractivity contribution >= 4 is 6.09 Å². The van der Waals surface area contributed by atoms with Crippen molar-refractivity contribution in [3.05, 3.63) is 35.4 Å². The lowest BCUT2D eigenvalue weighted by Crippen LogP contribution is -2.43. The summed E-state index contributed by atoms with van der Waals surface area (Å²) in [5.41, 5.74) is 2.60. The molecule has 1 aromatic carbocycles. The number of carbonyl (C=O) groups excluding carboxylic acids is 1. The van der Waals surface area contributed by atoms with Crippen molar-refractivity contribution in [1.82, 2.24) is 4.90 Å². The maximum absolute atomic E-state index is 11.7. The molecule has 2 heterocycles. The van der Waals surface area contributed by atoms with Gasteiger partial charge in [-0.05, 0) is 31.4 Å². The Bertz CT molecular complexity index is 443. The number of ether oxygens (including phenoxy) is 1. The monoisotopic (exact) mass is 217 g/mol. The fourth-order valence-electron chi connectivity index (χ4n) is 2.87. The van der Waals surface area contributed by atoms with E-state index in [1.165, 1.54) is 11.1 Å². The molecule has 3 nitrogen and oxygen atoms in total. The molecule has 0 spiro atoms. The molecule has 1 fully saturated rings. The largest absolute Gasteiger partial charge is 0.444 e. The second kappa shape index (κ2) is 3.24. The Morgan fingerprint density at radius 3 is 2.88 bits per heavy atom. The van der Waals surface area contributed by atoms with Gasteiger partial charge in [0.05, 0.1) is 12.1 Å². The third kappa shape index (κ3) is 1.17. The molecule has 84 valence electrons. The average Bonchev–Trinajstić information content (AvgIpc) is 2.55. The lowest BCUT2D eigenvalue weighted by Gasteiger charge is -2.35. The van der Waals surface area contributed by atoms with Crippen LogP contribution < -0.4 is 0 Å². The first kappa shape index (κ1) is 9.70. The highest BCUT2D eigenvalue weighted by Crippen LogP contribution is 2.38. The molecule has 16 heavy (non-hydrogen) atoms. The molecule has 0 radical (unpaired) electrons. The summed E-state index contributed by atoms with van der Waals surface area (Å²) >= 11 is 0. The van der Waals surface area contributed by atoms with Crippen LogP contribution in [0.2, 0.25) is 0 Å². The number of carbonyl (C=O) groups is 1. The summed E-state index contributed by atoms with van der Waals surface area (Å²) in [6.07, 6.45) is 0.746. The fourth-order valence-corrected chi connectivity index (χ4v) is 2.87. The average molecular weight is 217 g/mol. The molecule has 3 rings (SSSR count). The topological polar surface area (TPSA) is 29.5 Å². The molecule has 3 heteroatoms. The van der Waals surface area contributed by atoms with E-state index < -0.39 is 0 Å². The quantitative estimate of drug-likeness (QED) is 0.668. The third-order valence-electron chi connectivity index (χ3n) is 3.75. The van der Waals surface area contributed by atoms with Gasteiger partial charge in [0, 0.05) is 0 Å². The molecule has 1 amide bonds. The summed E-state index contributed by atoms with van der Waals surface area (Å²) in [5, 5.41) is 0. The standard InChI is InChI=1S/C13H15NO2/c1-8-11-6-4-3-5-10(11)7-12-9(2)16-13(15)14(8)12/h3-6,8-9,12H,7H2,1-2H3/t8?,9-,12?/m0/s1. The van der Waals surface area contributed by atoms with Crippen molar-refractivity contribution in [1.29, 1.82) is 0 Å². The van der Waals surface area contributed by atoms with Gasteiger partial charge in [0.2, 0.25) is 0 Å². The molecule has 1 aromatic rings. The third-order valence-corrected chi connectivity index (χ3v) is 3.75. The lowest BCUT2D eigenvalue weighted by molar-refractivity contribution is 0.134. The van der Waals surface area contributed by atoms with E-state index in [2.05, 4.69) is 25.1 Å². The summed E-state index contributed by atoms with van der Waals surface area (Å²) in [7, 11) is 0. The van der Waals surface area contributed by atoms with Gasteiger partial charge in [0.1, 0.15) is 6.10 Å². The second-order valence-corrected chi connectivity index (χ2v) is 4.64. The van der Waals surface area contributed by atoms with E-state index in [9.17, 15) is 4.79 Å². The molecular formula is C13H15NO2. The number of fused-ring (bicyclic) bond motifs is 2. The maximum Gasteiger partial charge on any atom is 0.411 e. The number of cyclic esters (lactones) is 1. The van der Waals surface area contributed by atoms with Gasteiger partial charge in [-0.3, -0.25) is 4.90 Å². The zero-order chi connectivity index (χ0) is 11.3. The Hall–Kier alpha value is -1.51. The van der Waals surface area contributed by atoms with E-state index in [1.807, 2.05) is 17.9 Å². The molecule has 2 unspecified atom stereocenters. The van der Waals surface area contributed by atoms with Gasteiger partial charge in [0.25, 0.3) is 0 Å². The first-order valence-corrected chi connectivity index (χ1v) is 5.75. The summed E-state index contributed by atoms with van der Waals surface area (Å²) in [6, 6.07) is 8.68. The summed E-state index contributed by atoms with van der Waals surface area (Å²) < 4.78 is 5.30. The number of nitrogens with zero attached hydrogens (tertiary/aromatic N) is 1. The minimum Gasteiger partial charge on any atom is -0.444 e. The van der Waals surface area contributed by atoms with Gasteiger partial charge in [-0.15, -0.1) is 0 Å². The predicted octanol–water partition coefficient (Wildman–Crippen LogP) is 2.51. The Balaban J connectivity index is 2.07. The van der Waals surface area contributed by atoms with Crippen LogP contribution in [-0.2, 0) is 11.2 Å². The van der Waals surface area contributed by atoms with Crippen LogP contribution in [0.1, 0.15) is 31.0 Å². The fraction of sp³-hybridized carbons (Fsp3) is 0.462. The van der Waals surface area contributed by atoms with Crippen molar-refractivity contribution in [2.24, 2.45) is 0 Å². The first-order chi connectivity index (χ1) is 7.68. The summed E-state index contributed by atoms with van der Waals surface area (Å²) in [5.74, 6) is 0. The van der Waals surface area contributed by atoms with Crippen LogP contribution >= 0.6 is 0 Å². The van der Waals surface area contributed by atoms with Crippen LogP contribution in [0.25, 0.3) is 0 Å². The van der Waals surface area contributed by atoms with Crippen molar-refractivity contribution < 1.29 is 9.53 Å². The molecular weight excluding hydrogens is 202 g/mol. The van der Waals surface area contributed by atoms with E-state index in [1.54, 1.807) is 0 Å². The Kier molecular flexibility index (Phi) is 1.96. The number of amides is 1. The number of hydrogen-bond acceptors (Lipinski definition) is 2. The van der Waals surface area contributed by atoms with Gasteiger partial charge >= 0.3 is 6.09 Å². The van der Waals surface area contributed by atoms with Crippen LogP contribution in [-0.4, -0.2) is 23.1 Å². The first-order valence-electron chi connectivity index (χ1n) is 5.75. The molecule has 0 saturated carbocycles. The van der Waals surface area contributed by atoms with E-state index >= 15 is 0 Å². The lowest BCUT2D eigenvalue weighted by atomic mass is 9.88. The van der Waals surface area contributed by atoms with Gasteiger partial charge in [-0.25, -0.2) is 4.79 Å². The molecule has 0 N–H and O–H groups in total. The van der Waals surface area contributed by atoms with E-state index in [-0.39, 0.29) is 24.3 Å². The SMILES string of the molecule is CC1c2ccccc2CC2[C@H](C)OC(=O)N12. The van der Waals surface area contributed by atoms with Crippen molar-refractivity contribution in [3.8, 4) is 0 Å². The van der Waals surface area contributed by atoms with E-state index in [4.69, 9.17) is 4.74 Å². The molecule has 2 aliphatic heterocycles. The summed E-state index contributed by atoms with van der Waals surface area (Å²) in [6.45, 7) is 4.05. The molecule has 2 aliphatic rings. The summed E-state index contributed by atoms with van der Waals surface area (Å²) in [4.78, 5) is 13.6.